The second-order valence-electron chi connectivity index (χ2n) is 6.20. The first-order valence-corrected chi connectivity index (χ1v) is 8.15. The predicted octanol–water partition coefficient (Wildman–Crippen LogP) is 1.98. The van der Waals surface area contributed by atoms with E-state index in [1.54, 1.807) is 0 Å². The fraction of sp³-hybridized carbons (Fsp3) is 0.812. The zero-order chi connectivity index (χ0) is 15.1. The Hall–Kier alpha value is -1.57. The molecule has 2 rings (SSSR count). The standard InChI is InChI=1S/C16H25N3O2/c17-13-16(8-3-4-9-16)15(21)18-10-7-14(20)19-11-5-1-2-6-12-19/h1-12H2,(H,18,21). The number of carbonyl (C=O) groups is 2. The van der Waals surface area contributed by atoms with Gasteiger partial charge in [0.1, 0.15) is 5.41 Å². The summed E-state index contributed by atoms with van der Waals surface area (Å²) in [5.74, 6) is -0.0687. The van der Waals surface area contributed by atoms with Crippen LogP contribution < -0.4 is 5.32 Å². The van der Waals surface area contributed by atoms with Gasteiger partial charge in [-0.25, -0.2) is 0 Å². The lowest BCUT2D eigenvalue weighted by atomic mass is 9.87. The van der Waals surface area contributed by atoms with Crippen LogP contribution in [0.1, 0.15) is 57.8 Å². The smallest absolute Gasteiger partial charge is 0.240 e. The van der Waals surface area contributed by atoms with E-state index in [4.69, 9.17) is 0 Å². The monoisotopic (exact) mass is 291 g/mol. The van der Waals surface area contributed by atoms with Gasteiger partial charge < -0.3 is 10.2 Å². The molecule has 0 bridgehead atoms. The van der Waals surface area contributed by atoms with Crippen molar-refractivity contribution in [1.82, 2.24) is 10.2 Å². The molecule has 2 aliphatic rings. The number of nitrogens with zero attached hydrogens (tertiary/aromatic N) is 2. The maximum absolute atomic E-state index is 12.2. The first-order chi connectivity index (χ1) is 10.2. The van der Waals surface area contributed by atoms with Crippen LogP contribution in [0.4, 0.5) is 0 Å². The van der Waals surface area contributed by atoms with E-state index in [0.717, 1.165) is 38.8 Å². The number of nitrogens with one attached hydrogen (secondary N) is 1. The number of nitriles is 1. The summed E-state index contributed by atoms with van der Waals surface area (Å²) in [5.41, 5.74) is -0.842. The molecular formula is C16H25N3O2. The first-order valence-electron chi connectivity index (χ1n) is 8.15. The van der Waals surface area contributed by atoms with Gasteiger partial charge >= 0.3 is 0 Å². The Morgan fingerprint density at radius 3 is 2.24 bits per heavy atom. The van der Waals surface area contributed by atoms with Crippen LogP contribution in [-0.2, 0) is 9.59 Å². The third kappa shape index (κ3) is 3.96. The lowest BCUT2D eigenvalue weighted by Gasteiger charge is -2.22. The van der Waals surface area contributed by atoms with Crippen molar-refractivity contribution in [2.24, 2.45) is 5.41 Å². The largest absolute Gasteiger partial charge is 0.354 e. The molecule has 5 heteroatoms. The maximum atomic E-state index is 12.2. The molecule has 0 unspecified atom stereocenters. The summed E-state index contributed by atoms with van der Waals surface area (Å²) in [4.78, 5) is 26.2. The van der Waals surface area contributed by atoms with Gasteiger partial charge in [0.15, 0.2) is 0 Å². The van der Waals surface area contributed by atoms with Crippen LogP contribution >= 0.6 is 0 Å². The molecule has 0 aromatic rings. The van der Waals surface area contributed by atoms with Crippen LogP contribution in [0.25, 0.3) is 0 Å². The molecule has 1 saturated heterocycles. The van der Waals surface area contributed by atoms with Gasteiger partial charge in [0.25, 0.3) is 0 Å². The summed E-state index contributed by atoms with van der Waals surface area (Å²) >= 11 is 0. The third-order valence-electron chi connectivity index (χ3n) is 4.69. The fourth-order valence-electron chi connectivity index (χ4n) is 3.30. The highest BCUT2D eigenvalue weighted by Gasteiger charge is 2.41. The van der Waals surface area contributed by atoms with Crippen molar-refractivity contribution in [3.05, 3.63) is 0 Å². The maximum Gasteiger partial charge on any atom is 0.240 e. The molecule has 1 saturated carbocycles. The van der Waals surface area contributed by atoms with E-state index in [1.807, 2.05) is 4.90 Å². The van der Waals surface area contributed by atoms with Crippen LogP contribution in [0, 0.1) is 16.7 Å². The van der Waals surface area contributed by atoms with Gasteiger partial charge in [-0.3, -0.25) is 9.59 Å². The Morgan fingerprint density at radius 2 is 1.67 bits per heavy atom. The number of carbonyl (C=O) groups excluding carboxylic acids is 2. The van der Waals surface area contributed by atoms with Gasteiger partial charge in [-0.05, 0) is 25.7 Å². The van der Waals surface area contributed by atoms with Crippen LogP contribution in [-0.4, -0.2) is 36.3 Å². The Morgan fingerprint density at radius 1 is 1.05 bits per heavy atom. The molecule has 1 aliphatic carbocycles. The Kier molecular flexibility index (Phi) is 5.60. The van der Waals surface area contributed by atoms with E-state index in [1.165, 1.54) is 12.8 Å². The molecule has 0 aromatic carbocycles. The fourth-order valence-corrected chi connectivity index (χ4v) is 3.30. The van der Waals surface area contributed by atoms with Crippen molar-refractivity contribution in [3.63, 3.8) is 0 Å². The van der Waals surface area contributed by atoms with E-state index in [2.05, 4.69) is 11.4 Å². The summed E-state index contributed by atoms with van der Waals surface area (Å²) in [7, 11) is 0. The van der Waals surface area contributed by atoms with E-state index in [0.29, 0.717) is 25.8 Å². The molecule has 1 N–H and O–H groups in total. The van der Waals surface area contributed by atoms with Crippen molar-refractivity contribution in [2.45, 2.75) is 57.8 Å². The SMILES string of the molecule is N#CC1(C(=O)NCCC(=O)N2CCCCCC2)CCCC1. The molecule has 1 heterocycles. The highest BCUT2D eigenvalue weighted by molar-refractivity contribution is 5.86. The summed E-state index contributed by atoms with van der Waals surface area (Å²) in [6.45, 7) is 2.03. The van der Waals surface area contributed by atoms with Crippen molar-refractivity contribution >= 4 is 11.8 Å². The van der Waals surface area contributed by atoms with Crippen LogP contribution in [0.3, 0.4) is 0 Å². The van der Waals surface area contributed by atoms with E-state index in [-0.39, 0.29) is 11.8 Å². The van der Waals surface area contributed by atoms with Crippen LogP contribution in [0.5, 0.6) is 0 Å². The Bertz CT molecular complexity index is 414. The molecule has 116 valence electrons. The van der Waals surface area contributed by atoms with E-state index >= 15 is 0 Å². The average molecular weight is 291 g/mol. The highest BCUT2D eigenvalue weighted by Crippen LogP contribution is 2.37. The van der Waals surface area contributed by atoms with Crippen molar-refractivity contribution in [1.29, 1.82) is 5.26 Å². The number of likely N-dealkylation sites (tertiary alicyclic amines) is 1. The predicted molar refractivity (Wildman–Crippen MR) is 79.2 cm³/mol. The van der Waals surface area contributed by atoms with Gasteiger partial charge in [0.05, 0.1) is 6.07 Å². The van der Waals surface area contributed by atoms with E-state index in [9.17, 15) is 14.9 Å². The minimum Gasteiger partial charge on any atom is -0.354 e. The van der Waals surface area contributed by atoms with Crippen molar-refractivity contribution in [2.75, 3.05) is 19.6 Å². The Labute approximate surface area is 126 Å². The van der Waals surface area contributed by atoms with Crippen molar-refractivity contribution in [3.8, 4) is 6.07 Å². The molecule has 5 nitrogen and oxygen atoms in total. The summed E-state index contributed by atoms with van der Waals surface area (Å²) in [5, 5.41) is 12.0. The Balaban J connectivity index is 1.74. The molecule has 21 heavy (non-hydrogen) atoms. The third-order valence-corrected chi connectivity index (χ3v) is 4.69. The molecule has 0 radical (unpaired) electrons. The van der Waals surface area contributed by atoms with Gasteiger partial charge in [0, 0.05) is 26.1 Å². The highest BCUT2D eigenvalue weighted by atomic mass is 16.2. The zero-order valence-corrected chi connectivity index (χ0v) is 12.7. The quantitative estimate of drug-likeness (QED) is 0.860. The van der Waals surface area contributed by atoms with Gasteiger partial charge in [-0.15, -0.1) is 0 Å². The lowest BCUT2D eigenvalue weighted by molar-refractivity contribution is -0.131. The minimum atomic E-state index is -0.842. The molecule has 0 atom stereocenters. The number of hydrogen-bond donors (Lipinski definition) is 1. The van der Waals surface area contributed by atoms with Crippen LogP contribution in [0.15, 0.2) is 0 Å². The minimum absolute atomic E-state index is 0.120. The normalized spacial score (nSPS) is 21.4. The number of rotatable bonds is 4. The second kappa shape index (κ2) is 7.44. The average Bonchev–Trinajstić information content (AvgIpc) is 2.82. The molecular weight excluding hydrogens is 266 g/mol. The molecule has 0 spiro atoms. The molecule has 0 aromatic heterocycles. The van der Waals surface area contributed by atoms with Gasteiger partial charge in [-0.2, -0.15) is 5.26 Å². The molecule has 2 fully saturated rings. The topological polar surface area (TPSA) is 73.2 Å². The number of amides is 2. The summed E-state index contributed by atoms with van der Waals surface area (Å²) < 4.78 is 0. The van der Waals surface area contributed by atoms with Gasteiger partial charge in [0.2, 0.25) is 11.8 Å². The summed E-state index contributed by atoms with van der Waals surface area (Å²) in [6, 6.07) is 2.18. The molecule has 2 amide bonds. The van der Waals surface area contributed by atoms with Crippen LogP contribution in [0.2, 0.25) is 0 Å². The first kappa shape index (κ1) is 15.8. The van der Waals surface area contributed by atoms with Crippen molar-refractivity contribution < 1.29 is 9.59 Å². The second-order valence-corrected chi connectivity index (χ2v) is 6.20. The lowest BCUT2D eigenvalue weighted by Crippen LogP contribution is -2.40. The van der Waals surface area contributed by atoms with Gasteiger partial charge in [-0.1, -0.05) is 25.7 Å². The number of hydrogen-bond acceptors (Lipinski definition) is 3. The molecule has 1 aliphatic heterocycles. The summed E-state index contributed by atoms with van der Waals surface area (Å²) in [6.07, 6.45) is 8.07. The zero-order valence-electron chi connectivity index (χ0n) is 12.7. The van der Waals surface area contributed by atoms with E-state index < -0.39 is 5.41 Å².